The van der Waals surface area contributed by atoms with Crippen LogP contribution in [0.1, 0.15) is 45.4 Å². The van der Waals surface area contributed by atoms with Gasteiger partial charge in [0.15, 0.2) is 0 Å². The van der Waals surface area contributed by atoms with E-state index in [0.29, 0.717) is 58.3 Å². The fourth-order valence-electron chi connectivity index (χ4n) is 5.18. The van der Waals surface area contributed by atoms with Crippen LogP contribution in [-0.4, -0.2) is 123 Å². The minimum atomic E-state index is -0.894. The monoisotopic (exact) mass is 706 g/mol. The van der Waals surface area contributed by atoms with Gasteiger partial charge in [-0.3, -0.25) is 14.4 Å². The Hall–Kier alpha value is -3.47. The lowest BCUT2D eigenvalue weighted by atomic mass is 9.85. The number of hydrogen-bond donors (Lipinski definition) is 3. The smallest absolute Gasteiger partial charge is 0.246 e. The second-order valence-corrected chi connectivity index (χ2v) is 13.5. The maximum Gasteiger partial charge on any atom is 0.246 e. The molecule has 272 valence electrons. The van der Waals surface area contributed by atoms with Crippen molar-refractivity contribution in [1.29, 1.82) is 0 Å². The van der Waals surface area contributed by atoms with Crippen LogP contribution in [0.2, 0.25) is 0 Å². The summed E-state index contributed by atoms with van der Waals surface area (Å²) in [6.45, 7) is 11.8. The zero-order valence-electron chi connectivity index (χ0n) is 29.0. The number of carbonyl (C=O) groups excluding carboxylic acids is 4. The molecule has 3 unspecified atom stereocenters. The number of aliphatic hydroxyl groups excluding tert-OH is 1. The summed E-state index contributed by atoms with van der Waals surface area (Å²) in [5.74, 6) is -0.607. The fourth-order valence-corrected chi connectivity index (χ4v) is 5.98. The van der Waals surface area contributed by atoms with Crippen molar-refractivity contribution in [1.82, 2.24) is 20.5 Å². The van der Waals surface area contributed by atoms with Crippen molar-refractivity contribution in [3.8, 4) is 16.2 Å². The average Bonchev–Trinajstić information content (AvgIpc) is 3.67. The Morgan fingerprint density at radius 1 is 1.04 bits per heavy atom. The van der Waals surface area contributed by atoms with Crippen LogP contribution in [0.3, 0.4) is 0 Å². The normalized spacial score (nSPS) is 16.7. The molecular formula is C34H50N4O10S. The fraction of sp³-hybridized carbons (Fsp3) is 0.618. The van der Waals surface area contributed by atoms with E-state index in [1.54, 1.807) is 5.51 Å². The molecule has 15 heteroatoms. The number of likely N-dealkylation sites (tertiary alicyclic amines) is 1. The number of aryl methyl sites for hydroxylation is 1. The number of nitrogens with one attached hydrogen (secondary N) is 2. The zero-order chi connectivity index (χ0) is 35.8. The molecule has 1 aromatic heterocycles. The minimum Gasteiger partial charge on any atom is -0.491 e. The molecule has 1 aromatic carbocycles. The van der Waals surface area contributed by atoms with Gasteiger partial charge in [-0.1, -0.05) is 32.9 Å². The molecule has 0 bridgehead atoms. The Balaban J connectivity index is 1.56. The Kier molecular flexibility index (Phi) is 16.5. The topological polar surface area (TPSA) is 175 Å². The highest BCUT2D eigenvalue weighted by atomic mass is 32.1. The van der Waals surface area contributed by atoms with Gasteiger partial charge in [-0.15, -0.1) is 11.3 Å². The molecule has 2 aromatic rings. The third kappa shape index (κ3) is 13.1. The Morgan fingerprint density at radius 2 is 1.67 bits per heavy atom. The van der Waals surface area contributed by atoms with E-state index in [9.17, 15) is 24.3 Å². The molecule has 1 aliphatic heterocycles. The SMILES string of the molecule is CC(=O)NC(C(=O)N1CC(O)CC1C(=O)NCc1ccc(-c2scnc2C)cc1OCCOCCOCCOCCOCC=O)C(C)(C)C. The number of ether oxygens (including phenoxy) is 5. The number of amides is 3. The zero-order valence-corrected chi connectivity index (χ0v) is 29.8. The van der Waals surface area contributed by atoms with Gasteiger partial charge >= 0.3 is 0 Å². The van der Waals surface area contributed by atoms with Gasteiger partial charge in [0.1, 0.15) is 37.3 Å². The Bertz CT molecular complexity index is 1360. The van der Waals surface area contributed by atoms with Crippen molar-refractivity contribution in [2.24, 2.45) is 5.41 Å². The van der Waals surface area contributed by atoms with E-state index >= 15 is 0 Å². The highest BCUT2D eigenvalue weighted by molar-refractivity contribution is 7.13. The van der Waals surface area contributed by atoms with Gasteiger partial charge in [-0.25, -0.2) is 4.98 Å². The first-order valence-electron chi connectivity index (χ1n) is 16.4. The summed E-state index contributed by atoms with van der Waals surface area (Å²) < 4.78 is 27.6. The summed E-state index contributed by atoms with van der Waals surface area (Å²) >= 11 is 1.52. The summed E-state index contributed by atoms with van der Waals surface area (Å²) in [6.07, 6.45) is -0.0805. The lowest BCUT2D eigenvalue weighted by Crippen LogP contribution is -2.57. The van der Waals surface area contributed by atoms with E-state index in [4.69, 9.17) is 23.7 Å². The number of benzene rings is 1. The molecule has 0 saturated carbocycles. The summed E-state index contributed by atoms with van der Waals surface area (Å²) in [5.41, 5.74) is 3.72. The van der Waals surface area contributed by atoms with E-state index in [0.717, 1.165) is 21.7 Å². The first-order valence-corrected chi connectivity index (χ1v) is 17.2. The number of aldehydes is 1. The predicted molar refractivity (Wildman–Crippen MR) is 182 cm³/mol. The molecule has 1 saturated heterocycles. The Morgan fingerprint density at radius 3 is 2.24 bits per heavy atom. The molecule has 1 aliphatic rings. The van der Waals surface area contributed by atoms with Crippen molar-refractivity contribution in [2.45, 2.75) is 65.8 Å². The minimum absolute atomic E-state index is 0.00197. The second-order valence-electron chi connectivity index (χ2n) is 12.6. The molecule has 1 fully saturated rings. The summed E-state index contributed by atoms with van der Waals surface area (Å²) in [5, 5.41) is 16.1. The number of β-amino-alcohol motifs (C(OH)–C–C–N with tert-alkyl or cyclic N) is 1. The molecule has 3 atom stereocenters. The Labute approximate surface area is 291 Å². The molecule has 2 heterocycles. The molecule has 3 rings (SSSR count). The lowest BCUT2D eigenvalue weighted by Gasteiger charge is -2.35. The predicted octanol–water partition coefficient (Wildman–Crippen LogP) is 1.89. The maximum atomic E-state index is 13.6. The van der Waals surface area contributed by atoms with Gasteiger partial charge < -0.3 is 49.1 Å². The molecule has 14 nitrogen and oxygen atoms in total. The van der Waals surface area contributed by atoms with Gasteiger partial charge in [0, 0.05) is 32.0 Å². The van der Waals surface area contributed by atoms with Gasteiger partial charge in [0.25, 0.3) is 0 Å². The van der Waals surface area contributed by atoms with Crippen molar-refractivity contribution in [3.05, 3.63) is 35.0 Å². The number of carbonyl (C=O) groups is 4. The van der Waals surface area contributed by atoms with Crippen LogP contribution < -0.4 is 15.4 Å². The number of rotatable bonds is 21. The van der Waals surface area contributed by atoms with Crippen LogP contribution in [0.25, 0.3) is 10.4 Å². The quantitative estimate of drug-likeness (QED) is 0.128. The standard InChI is InChI=1S/C34H50N4O10S/c1-23-30(49-22-36-23)25-6-7-26(29(18-25)48-17-16-47-15-14-46-13-12-45-11-10-44-9-8-39)20-35-32(42)28-19-27(41)21-38(28)33(43)31(34(3,4)5)37-24(2)40/h6-8,18,22,27-28,31,41H,9-17,19-21H2,1-5H3,(H,35,42)(H,37,40). The molecule has 49 heavy (non-hydrogen) atoms. The van der Waals surface area contributed by atoms with E-state index in [1.165, 1.54) is 23.2 Å². The van der Waals surface area contributed by atoms with Crippen LogP contribution >= 0.6 is 11.3 Å². The molecule has 3 amide bonds. The number of nitrogens with zero attached hydrogens (tertiary/aromatic N) is 2. The van der Waals surface area contributed by atoms with Gasteiger partial charge in [-0.2, -0.15) is 0 Å². The largest absolute Gasteiger partial charge is 0.491 e. The number of hydrogen-bond acceptors (Lipinski definition) is 12. The molecule has 0 aliphatic carbocycles. The van der Waals surface area contributed by atoms with Gasteiger partial charge in [0.2, 0.25) is 17.7 Å². The number of aromatic nitrogens is 1. The van der Waals surface area contributed by atoms with Crippen molar-refractivity contribution in [3.63, 3.8) is 0 Å². The van der Waals surface area contributed by atoms with Crippen molar-refractivity contribution >= 4 is 35.3 Å². The lowest BCUT2D eigenvalue weighted by molar-refractivity contribution is -0.143. The number of thiazole rings is 1. The second kappa shape index (κ2) is 20.3. The van der Waals surface area contributed by atoms with Crippen molar-refractivity contribution < 1.29 is 48.0 Å². The van der Waals surface area contributed by atoms with Gasteiger partial charge in [0.05, 0.1) is 68.4 Å². The van der Waals surface area contributed by atoms with Crippen LogP contribution in [0.5, 0.6) is 5.75 Å². The molecule has 0 radical (unpaired) electrons. The third-order valence-electron chi connectivity index (χ3n) is 7.64. The van der Waals surface area contributed by atoms with Crippen LogP contribution in [0.4, 0.5) is 0 Å². The van der Waals surface area contributed by atoms with E-state index < -0.39 is 35.4 Å². The number of aliphatic hydroxyl groups is 1. The van der Waals surface area contributed by atoms with E-state index in [-0.39, 0.29) is 38.6 Å². The summed E-state index contributed by atoms with van der Waals surface area (Å²) in [4.78, 5) is 55.8. The summed E-state index contributed by atoms with van der Waals surface area (Å²) in [7, 11) is 0. The van der Waals surface area contributed by atoms with E-state index in [2.05, 4.69) is 15.6 Å². The first kappa shape index (κ1) is 40.0. The van der Waals surface area contributed by atoms with Crippen LogP contribution in [-0.2, 0) is 44.7 Å². The molecular weight excluding hydrogens is 656 g/mol. The average molecular weight is 707 g/mol. The van der Waals surface area contributed by atoms with Crippen molar-refractivity contribution in [2.75, 3.05) is 66.0 Å². The first-order chi connectivity index (χ1) is 23.4. The van der Waals surface area contributed by atoms with Crippen LogP contribution in [0, 0.1) is 12.3 Å². The highest BCUT2D eigenvalue weighted by Crippen LogP contribution is 2.32. The summed E-state index contributed by atoms with van der Waals surface area (Å²) in [6, 6.07) is 3.98. The van der Waals surface area contributed by atoms with E-state index in [1.807, 2.05) is 45.9 Å². The third-order valence-corrected chi connectivity index (χ3v) is 8.62. The van der Waals surface area contributed by atoms with Crippen LogP contribution in [0.15, 0.2) is 23.7 Å². The molecule has 0 spiro atoms. The maximum absolute atomic E-state index is 13.6. The van der Waals surface area contributed by atoms with Gasteiger partial charge in [-0.05, 0) is 24.0 Å². The highest BCUT2D eigenvalue weighted by Gasteiger charge is 2.44. The molecule has 3 N–H and O–H groups in total.